The molecular formula is C14H12BrN3. The average Bonchev–Trinajstić information content (AvgIpc) is 2.73. The second kappa shape index (κ2) is 4.46. The Morgan fingerprint density at radius 3 is 2.78 bits per heavy atom. The molecule has 2 aromatic heterocycles. The van der Waals surface area contributed by atoms with E-state index < -0.39 is 0 Å². The molecule has 18 heavy (non-hydrogen) atoms. The summed E-state index contributed by atoms with van der Waals surface area (Å²) in [5, 5.41) is 0. The van der Waals surface area contributed by atoms with Crippen molar-refractivity contribution in [2.45, 2.75) is 6.42 Å². The lowest BCUT2D eigenvalue weighted by atomic mass is 10.1. The van der Waals surface area contributed by atoms with E-state index >= 15 is 0 Å². The normalized spacial score (nSPS) is 10.9. The van der Waals surface area contributed by atoms with Gasteiger partial charge in [0.2, 0.25) is 0 Å². The number of hydrogen-bond donors (Lipinski definition) is 1. The summed E-state index contributed by atoms with van der Waals surface area (Å²) in [6, 6.07) is 14.0. The van der Waals surface area contributed by atoms with Crippen molar-refractivity contribution in [1.29, 1.82) is 0 Å². The van der Waals surface area contributed by atoms with E-state index in [-0.39, 0.29) is 0 Å². The summed E-state index contributed by atoms with van der Waals surface area (Å²) < 4.78 is 3.00. The van der Waals surface area contributed by atoms with Crippen LogP contribution in [0.25, 0.3) is 5.65 Å². The summed E-state index contributed by atoms with van der Waals surface area (Å²) in [4.78, 5) is 4.57. The van der Waals surface area contributed by atoms with Crippen molar-refractivity contribution < 1.29 is 0 Å². The van der Waals surface area contributed by atoms with Crippen LogP contribution < -0.4 is 5.73 Å². The fraction of sp³-hybridized carbons (Fsp3) is 0.0714. The van der Waals surface area contributed by atoms with Gasteiger partial charge >= 0.3 is 0 Å². The first-order chi connectivity index (χ1) is 8.72. The standard InChI is InChI=1S/C14H12BrN3/c15-11-4-1-3-10(7-11)8-12-9-18-13(16)5-2-6-14(18)17-12/h1-7,9H,8,16H2. The molecule has 0 atom stereocenters. The van der Waals surface area contributed by atoms with Crippen molar-refractivity contribution >= 4 is 27.4 Å². The van der Waals surface area contributed by atoms with Crippen LogP contribution in [0.3, 0.4) is 0 Å². The Morgan fingerprint density at radius 2 is 2.00 bits per heavy atom. The zero-order valence-electron chi connectivity index (χ0n) is 9.68. The van der Waals surface area contributed by atoms with Gasteiger partial charge in [-0.3, -0.25) is 4.40 Å². The molecular weight excluding hydrogens is 290 g/mol. The number of hydrogen-bond acceptors (Lipinski definition) is 2. The first-order valence-electron chi connectivity index (χ1n) is 5.69. The van der Waals surface area contributed by atoms with E-state index in [9.17, 15) is 0 Å². The molecule has 2 heterocycles. The summed E-state index contributed by atoms with van der Waals surface area (Å²) in [7, 11) is 0. The van der Waals surface area contributed by atoms with Crippen molar-refractivity contribution in [3.63, 3.8) is 0 Å². The number of nitrogens with zero attached hydrogens (tertiary/aromatic N) is 2. The molecule has 0 bridgehead atoms. The Labute approximate surface area is 113 Å². The van der Waals surface area contributed by atoms with Gasteiger partial charge in [0.25, 0.3) is 0 Å². The van der Waals surface area contributed by atoms with E-state index in [2.05, 4.69) is 33.0 Å². The minimum absolute atomic E-state index is 0.709. The molecule has 0 spiro atoms. The predicted molar refractivity (Wildman–Crippen MR) is 76.6 cm³/mol. The van der Waals surface area contributed by atoms with Crippen LogP contribution in [0, 0.1) is 0 Å². The number of rotatable bonds is 2. The molecule has 0 aliphatic rings. The lowest BCUT2D eigenvalue weighted by Crippen LogP contribution is -1.93. The molecule has 4 heteroatoms. The van der Waals surface area contributed by atoms with E-state index in [1.54, 1.807) is 0 Å². The van der Waals surface area contributed by atoms with Crippen molar-refractivity contribution in [2.24, 2.45) is 0 Å². The number of anilines is 1. The molecule has 3 aromatic rings. The number of benzene rings is 1. The third-order valence-corrected chi connectivity index (χ3v) is 3.34. The molecule has 0 amide bonds. The van der Waals surface area contributed by atoms with Gasteiger partial charge in [0.05, 0.1) is 5.69 Å². The zero-order chi connectivity index (χ0) is 12.5. The van der Waals surface area contributed by atoms with E-state index in [1.807, 2.05) is 40.9 Å². The van der Waals surface area contributed by atoms with Crippen LogP contribution in [-0.4, -0.2) is 9.38 Å². The van der Waals surface area contributed by atoms with Crippen LogP contribution in [0.5, 0.6) is 0 Å². The average molecular weight is 302 g/mol. The molecule has 1 aromatic carbocycles. The maximum Gasteiger partial charge on any atom is 0.138 e. The molecule has 2 N–H and O–H groups in total. The van der Waals surface area contributed by atoms with Crippen LogP contribution >= 0.6 is 15.9 Å². The summed E-state index contributed by atoms with van der Waals surface area (Å²) >= 11 is 3.48. The van der Waals surface area contributed by atoms with Gasteiger partial charge in [0.15, 0.2) is 0 Å². The number of imidazole rings is 1. The minimum Gasteiger partial charge on any atom is -0.385 e. The second-order valence-corrected chi connectivity index (χ2v) is 5.13. The van der Waals surface area contributed by atoms with Crippen molar-refractivity contribution in [3.8, 4) is 0 Å². The third-order valence-electron chi connectivity index (χ3n) is 2.85. The van der Waals surface area contributed by atoms with Gasteiger partial charge in [-0.25, -0.2) is 4.98 Å². The first kappa shape index (κ1) is 11.3. The maximum atomic E-state index is 5.90. The molecule has 0 fully saturated rings. The van der Waals surface area contributed by atoms with Crippen LogP contribution in [0.4, 0.5) is 5.82 Å². The lowest BCUT2D eigenvalue weighted by molar-refractivity contribution is 1.11. The van der Waals surface area contributed by atoms with Crippen molar-refractivity contribution in [1.82, 2.24) is 9.38 Å². The highest BCUT2D eigenvalue weighted by Crippen LogP contribution is 2.16. The predicted octanol–water partition coefficient (Wildman–Crippen LogP) is 3.27. The Kier molecular flexibility index (Phi) is 2.80. The fourth-order valence-corrected chi connectivity index (χ4v) is 2.47. The molecule has 0 unspecified atom stereocenters. The molecule has 3 nitrogen and oxygen atoms in total. The monoisotopic (exact) mass is 301 g/mol. The van der Waals surface area contributed by atoms with Crippen molar-refractivity contribution in [2.75, 3.05) is 5.73 Å². The van der Waals surface area contributed by atoms with Gasteiger partial charge in [-0.1, -0.05) is 34.1 Å². The Hall–Kier alpha value is -1.81. The first-order valence-corrected chi connectivity index (χ1v) is 6.48. The third kappa shape index (κ3) is 2.11. The van der Waals surface area contributed by atoms with Crippen LogP contribution in [0.2, 0.25) is 0 Å². The Bertz CT molecular complexity index is 703. The largest absolute Gasteiger partial charge is 0.385 e. The van der Waals surface area contributed by atoms with E-state index in [0.717, 1.165) is 22.2 Å². The molecule has 0 aliphatic carbocycles. The van der Waals surface area contributed by atoms with Gasteiger partial charge in [0, 0.05) is 17.1 Å². The molecule has 0 aliphatic heterocycles. The van der Waals surface area contributed by atoms with Gasteiger partial charge < -0.3 is 5.73 Å². The lowest BCUT2D eigenvalue weighted by Gasteiger charge is -1.98. The molecule has 90 valence electrons. The zero-order valence-corrected chi connectivity index (χ0v) is 11.3. The molecule has 0 radical (unpaired) electrons. The number of halogens is 1. The molecule has 0 saturated carbocycles. The maximum absolute atomic E-state index is 5.90. The number of aromatic nitrogens is 2. The van der Waals surface area contributed by atoms with Gasteiger partial charge in [-0.15, -0.1) is 0 Å². The van der Waals surface area contributed by atoms with E-state index in [4.69, 9.17) is 5.73 Å². The van der Waals surface area contributed by atoms with E-state index in [1.165, 1.54) is 5.56 Å². The Balaban J connectivity index is 1.98. The van der Waals surface area contributed by atoms with Crippen LogP contribution in [-0.2, 0) is 6.42 Å². The highest BCUT2D eigenvalue weighted by atomic mass is 79.9. The Morgan fingerprint density at radius 1 is 1.17 bits per heavy atom. The number of nitrogen functional groups attached to an aromatic ring is 1. The second-order valence-electron chi connectivity index (χ2n) is 4.22. The SMILES string of the molecule is Nc1cccc2nc(Cc3cccc(Br)c3)cn12. The molecule has 0 saturated heterocycles. The van der Waals surface area contributed by atoms with Gasteiger partial charge in [-0.2, -0.15) is 0 Å². The highest BCUT2D eigenvalue weighted by molar-refractivity contribution is 9.10. The van der Waals surface area contributed by atoms with E-state index in [0.29, 0.717) is 5.82 Å². The summed E-state index contributed by atoms with van der Waals surface area (Å²) in [5.74, 6) is 0.709. The quantitative estimate of drug-likeness (QED) is 0.789. The van der Waals surface area contributed by atoms with Crippen molar-refractivity contribution in [3.05, 3.63) is 64.4 Å². The summed E-state index contributed by atoms with van der Waals surface area (Å²) in [6.07, 6.45) is 2.80. The number of nitrogens with two attached hydrogens (primary N) is 1. The smallest absolute Gasteiger partial charge is 0.138 e. The number of fused-ring (bicyclic) bond motifs is 1. The number of pyridine rings is 1. The van der Waals surface area contributed by atoms with Gasteiger partial charge in [-0.05, 0) is 29.8 Å². The summed E-state index contributed by atoms with van der Waals surface area (Å²) in [5.41, 5.74) is 9.04. The van der Waals surface area contributed by atoms with Crippen LogP contribution in [0.1, 0.15) is 11.3 Å². The molecule has 3 rings (SSSR count). The fourth-order valence-electron chi connectivity index (χ4n) is 2.02. The summed E-state index contributed by atoms with van der Waals surface area (Å²) in [6.45, 7) is 0. The highest BCUT2D eigenvalue weighted by Gasteiger charge is 2.04. The topological polar surface area (TPSA) is 43.3 Å². The minimum atomic E-state index is 0.709. The van der Waals surface area contributed by atoms with Crippen LogP contribution in [0.15, 0.2) is 53.1 Å². The van der Waals surface area contributed by atoms with Gasteiger partial charge in [0.1, 0.15) is 11.5 Å².